The zero-order chi connectivity index (χ0) is 12.1. The smallest absolute Gasteiger partial charge is 0.248 e. The number of nitrogens with zero attached hydrogens (tertiary/aromatic N) is 1. The van der Waals surface area contributed by atoms with Gasteiger partial charge in [-0.05, 0) is 31.2 Å². The van der Waals surface area contributed by atoms with Crippen LogP contribution in [0.1, 0.15) is 16.8 Å². The van der Waals surface area contributed by atoms with Crippen LogP contribution in [0.15, 0.2) is 18.2 Å². The van der Waals surface area contributed by atoms with Crippen molar-refractivity contribution in [3.63, 3.8) is 0 Å². The molecule has 0 saturated carbocycles. The summed E-state index contributed by atoms with van der Waals surface area (Å²) in [5, 5.41) is 0.524. The van der Waals surface area contributed by atoms with E-state index in [9.17, 15) is 4.79 Å². The van der Waals surface area contributed by atoms with Gasteiger partial charge >= 0.3 is 0 Å². The van der Waals surface area contributed by atoms with Gasteiger partial charge < -0.3 is 16.4 Å². The maximum Gasteiger partial charge on any atom is 0.248 e. The highest BCUT2D eigenvalue weighted by Crippen LogP contribution is 2.25. The van der Waals surface area contributed by atoms with Crippen molar-refractivity contribution in [2.75, 3.05) is 25.0 Å². The molecule has 1 aromatic rings. The quantitative estimate of drug-likeness (QED) is 0.814. The molecule has 1 rings (SSSR count). The lowest BCUT2D eigenvalue weighted by Gasteiger charge is -2.20. The average molecular weight is 242 g/mol. The number of amides is 1. The van der Waals surface area contributed by atoms with Crippen LogP contribution in [0.3, 0.4) is 0 Å². The Hall–Kier alpha value is -1.26. The SMILES string of the molecule is CN(CCCN)c1ccc(C(N)=O)cc1Cl. The first-order valence-electron chi connectivity index (χ1n) is 5.07. The molecular formula is C11H16ClN3O. The Morgan fingerprint density at radius 1 is 1.50 bits per heavy atom. The van der Waals surface area contributed by atoms with Crippen molar-refractivity contribution in [3.8, 4) is 0 Å². The Morgan fingerprint density at radius 2 is 2.19 bits per heavy atom. The number of carbonyl (C=O) groups is 1. The molecule has 0 radical (unpaired) electrons. The van der Waals surface area contributed by atoms with Gasteiger partial charge in [-0.3, -0.25) is 4.79 Å². The van der Waals surface area contributed by atoms with Gasteiger partial charge in [0.1, 0.15) is 0 Å². The summed E-state index contributed by atoms with van der Waals surface area (Å²) in [6, 6.07) is 5.04. The van der Waals surface area contributed by atoms with Gasteiger partial charge in [-0.2, -0.15) is 0 Å². The molecule has 0 aliphatic carbocycles. The number of hydrogen-bond donors (Lipinski definition) is 2. The summed E-state index contributed by atoms with van der Waals surface area (Å²) in [5.41, 5.74) is 11.9. The highest BCUT2D eigenvalue weighted by Gasteiger charge is 2.08. The second-order valence-electron chi connectivity index (χ2n) is 3.59. The minimum atomic E-state index is -0.474. The van der Waals surface area contributed by atoms with Crippen molar-refractivity contribution >= 4 is 23.2 Å². The molecule has 16 heavy (non-hydrogen) atoms. The molecule has 1 amide bonds. The van der Waals surface area contributed by atoms with E-state index < -0.39 is 5.91 Å². The van der Waals surface area contributed by atoms with Crippen LogP contribution in [0, 0.1) is 0 Å². The predicted octanol–water partition coefficient (Wildman–Crippen LogP) is 1.22. The van der Waals surface area contributed by atoms with Crippen LogP contribution < -0.4 is 16.4 Å². The number of nitrogens with two attached hydrogens (primary N) is 2. The lowest BCUT2D eigenvalue weighted by molar-refractivity contribution is 0.100. The van der Waals surface area contributed by atoms with Gasteiger partial charge in [0, 0.05) is 19.2 Å². The maximum atomic E-state index is 10.9. The first-order chi connectivity index (χ1) is 7.56. The van der Waals surface area contributed by atoms with Crippen LogP contribution in [0.25, 0.3) is 0 Å². The normalized spacial score (nSPS) is 10.2. The van der Waals surface area contributed by atoms with E-state index in [2.05, 4.69) is 0 Å². The molecule has 0 aliphatic rings. The Labute approximate surface area is 100 Å². The molecule has 4 nitrogen and oxygen atoms in total. The molecule has 0 bridgehead atoms. The second-order valence-corrected chi connectivity index (χ2v) is 4.00. The first-order valence-corrected chi connectivity index (χ1v) is 5.44. The number of hydrogen-bond acceptors (Lipinski definition) is 3. The molecular weight excluding hydrogens is 226 g/mol. The fourth-order valence-corrected chi connectivity index (χ4v) is 1.74. The molecule has 5 heteroatoms. The molecule has 0 aromatic heterocycles. The number of primary amides is 1. The fourth-order valence-electron chi connectivity index (χ4n) is 1.42. The lowest BCUT2D eigenvalue weighted by atomic mass is 10.2. The van der Waals surface area contributed by atoms with Gasteiger partial charge in [0.25, 0.3) is 0 Å². The summed E-state index contributed by atoms with van der Waals surface area (Å²) < 4.78 is 0. The minimum Gasteiger partial charge on any atom is -0.373 e. The molecule has 0 heterocycles. The van der Waals surface area contributed by atoms with Gasteiger partial charge in [-0.25, -0.2) is 0 Å². The maximum absolute atomic E-state index is 10.9. The molecule has 0 fully saturated rings. The molecule has 0 atom stereocenters. The van der Waals surface area contributed by atoms with Gasteiger partial charge in [0.2, 0.25) is 5.91 Å². The topological polar surface area (TPSA) is 72.3 Å². The molecule has 0 saturated heterocycles. The summed E-state index contributed by atoms with van der Waals surface area (Å²) >= 11 is 6.07. The van der Waals surface area contributed by atoms with E-state index in [1.54, 1.807) is 18.2 Å². The van der Waals surface area contributed by atoms with E-state index in [1.807, 2.05) is 11.9 Å². The van der Waals surface area contributed by atoms with Crippen molar-refractivity contribution in [2.24, 2.45) is 11.5 Å². The van der Waals surface area contributed by atoms with E-state index >= 15 is 0 Å². The average Bonchev–Trinajstić information content (AvgIpc) is 2.25. The Bertz CT molecular complexity index is 381. The standard InChI is InChI=1S/C11H16ClN3O/c1-15(6-2-5-13)10-4-3-8(11(14)16)7-9(10)12/h3-4,7H,2,5-6,13H2,1H3,(H2,14,16). The number of carbonyl (C=O) groups excluding carboxylic acids is 1. The molecule has 0 spiro atoms. The lowest BCUT2D eigenvalue weighted by Crippen LogP contribution is -2.21. The van der Waals surface area contributed by atoms with Crippen LogP contribution in [0.4, 0.5) is 5.69 Å². The number of benzene rings is 1. The summed E-state index contributed by atoms with van der Waals surface area (Å²) in [6.07, 6.45) is 0.893. The monoisotopic (exact) mass is 241 g/mol. The van der Waals surface area contributed by atoms with Gasteiger partial charge in [-0.1, -0.05) is 11.6 Å². The molecule has 4 N–H and O–H groups in total. The Kier molecular flexibility index (Phi) is 4.58. The molecule has 88 valence electrons. The number of halogens is 1. The Morgan fingerprint density at radius 3 is 2.69 bits per heavy atom. The summed E-state index contributed by atoms with van der Waals surface area (Å²) in [5.74, 6) is -0.474. The van der Waals surface area contributed by atoms with Crippen LogP contribution in [-0.4, -0.2) is 26.0 Å². The van der Waals surface area contributed by atoms with Crippen molar-refractivity contribution in [1.29, 1.82) is 0 Å². The molecule has 0 aliphatic heterocycles. The third kappa shape index (κ3) is 3.12. The van der Waals surface area contributed by atoms with Crippen LogP contribution in [0.2, 0.25) is 5.02 Å². The predicted molar refractivity (Wildman–Crippen MR) is 66.9 cm³/mol. The third-order valence-corrected chi connectivity index (χ3v) is 2.64. The molecule has 1 aromatic carbocycles. The first kappa shape index (κ1) is 12.8. The fraction of sp³-hybridized carbons (Fsp3) is 0.364. The van der Waals surface area contributed by atoms with E-state index in [0.29, 0.717) is 17.1 Å². The second kappa shape index (κ2) is 5.72. The zero-order valence-corrected chi connectivity index (χ0v) is 10.00. The van der Waals surface area contributed by atoms with Gasteiger partial charge in [0.05, 0.1) is 10.7 Å². The summed E-state index contributed by atoms with van der Waals surface area (Å²) in [4.78, 5) is 12.9. The van der Waals surface area contributed by atoms with Gasteiger partial charge in [-0.15, -0.1) is 0 Å². The van der Waals surface area contributed by atoms with Crippen LogP contribution >= 0.6 is 11.6 Å². The van der Waals surface area contributed by atoms with Crippen molar-refractivity contribution in [1.82, 2.24) is 0 Å². The largest absolute Gasteiger partial charge is 0.373 e. The molecule has 0 unspecified atom stereocenters. The van der Waals surface area contributed by atoms with E-state index in [1.165, 1.54) is 0 Å². The number of rotatable bonds is 5. The van der Waals surface area contributed by atoms with Crippen molar-refractivity contribution in [3.05, 3.63) is 28.8 Å². The van der Waals surface area contributed by atoms with E-state index in [-0.39, 0.29) is 0 Å². The summed E-state index contributed by atoms with van der Waals surface area (Å²) in [6.45, 7) is 1.47. The van der Waals surface area contributed by atoms with Crippen molar-refractivity contribution < 1.29 is 4.79 Å². The van der Waals surface area contributed by atoms with Gasteiger partial charge in [0.15, 0.2) is 0 Å². The zero-order valence-electron chi connectivity index (χ0n) is 9.24. The third-order valence-electron chi connectivity index (χ3n) is 2.34. The highest BCUT2D eigenvalue weighted by atomic mass is 35.5. The van der Waals surface area contributed by atoms with E-state index in [4.69, 9.17) is 23.1 Å². The van der Waals surface area contributed by atoms with Crippen LogP contribution in [-0.2, 0) is 0 Å². The highest BCUT2D eigenvalue weighted by molar-refractivity contribution is 6.33. The Balaban J connectivity index is 2.85. The van der Waals surface area contributed by atoms with E-state index in [0.717, 1.165) is 18.7 Å². The summed E-state index contributed by atoms with van der Waals surface area (Å²) in [7, 11) is 1.93. The minimum absolute atomic E-state index is 0.418. The van der Waals surface area contributed by atoms with Crippen LogP contribution in [0.5, 0.6) is 0 Å². The van der Waals surface area contributed by atoms with Crippen molar-refractivity contribution in [2.45, 2.75) is 6.42 Å². The number of anilines is 1.